The number of aliphatic hydroxyl groups is 1. The Kier molecular flexibility index (Phi) is 3.85. The Morgan fingerprint density at radius 2 is 2.33 bits per heavy atom. The van der Waals surface area contributed by atoms with E-state index in [2.05, 4.69) is 5.32 Å². The number of phenolic OH excluding ortho intramolecular Hbond substituents is 1. The van der Waals surface area contributed by atoms with Crippen molar-refractivity contribution < 1.29 is 19.3 Å². The van der Waals surface area contributed by atoms with Crippen LogP contribution in [0.5, 0.6) is 5.75 Å². The van der Waals surface area contributed by atoms with Gasteiger partial charge in [0.2, 0.25) is 0 Å². The van der Waals surface area contributed by atoms with Gasteiger partial charge in [-0.15, -0.1) is 0 Å². The smallest absolute Gasteiger partial charge is 0.123 e. The van der Waals surface area contributed by atoms with Crippen LogP contribution in [0.15, 0.2) is 18.2 Å². The molecular weight excluding hydrogens is 237 g/mol. The first-order valence-electron chi connectivity index (χ1n) is 6.02. The summed E-state index contributed by atoms with van der Waals surface area (Å²) in [6.45, 7) is 3.03. The van der Waals surface area contributed by atoms with Gasteiger partial charge in [0.05, 0.1) is 6.61 Å². The average molecular weight is 255 g/mol. The van der Waals surface area contributed by atoms with Gasteiger partial charge in [-0.05, 0) is 25.1 Å². The van der Waals surface area contributed by atoms with Crippen molar-refractivity contribution in [3.8, 4) is 5.75 Å². The van der Waals surface area contributed by atoms with Gasteiger partial charge in [-0.25, -0.2) is 4.39 Å². The fourth-order valence-corrected chi connectivity index (χ4v) is 2.06. The predicted octanol–water partition coefficient (Wildman–Crippen LogP) is 1.33. The van der Waals surface area contributed by atoms with E-state index in [1.807, 2.05) is 6.92 Å². The van der Waals surface area contributed by atoms with Crippen molar-refractivity contribution in [2.45, 2.75) is 25.0 Å². The normalized spacial score (nSPS) is 25.3. The van der Waals surface area contributed by atoms with Crippen LogP contribution in [0.3, 0.4) is 0 Å². The molecule has 2 rings (SSSR count). The molecule has 0 aliphatic carbocycles. The summed E-state index contributed by atoms with van der Waals surface area (Å²) >= 11 is 0. The maximum absolute atomic E-state index is 13.1. The van der Waals surface area contributed by atoms with Crippen LogP contribution >= 0.6 is 0 Å². The van der Waals surface area contributed by atoms with E-state index in [9.17, 15) is 14.6 Å². The van der Waals surface area contributed by atoms with Gasteiger partial charge >= 0.3 is 0 Å². The monoisotopic (exact) mass is 255 g/mol. The minimum absolute atomic E-state index is 0.0473. The highest BCUT2D eigenvalue weighted by molar-refractivity contribution is 5.34. The Hall–Kier alpha value is -1.17. The van der Waals surface area contributed by atoms with Crippen LogP contribution in [-0.4, -0.2) is 35.6 Å². The van der Waals surface area contributed by atoms with E-state index in [0.717, 1.165) is 0 Å². The molecule has 1 heterocycles. The Morgan fingerprint density at radius 3 is 3.00 bits per heavy atom. The Balaban J connectivity index is 1.99. The first-order valence-corrected chi connectivity index (χ1v) is 6.02. The lowest BCUT2D eigenvalue weighted by molar-refractivity contribution is 0.0251. The number of hydrogen-bond donors (Lipinski definition) is 3. The van der Waals surface area contributed by atoms with Gasteiger partial charge < -0.3 is 20.3 Å². The lowest BCUT2D eigenvalue weighted by atomic mass is 10.0. The first-order chi connectivity index (χ1) is 8.50. The van der Waals surface area contributed by atoms with Crippen molar-refractivity contribution in [2.24, 2.45) is 0 Å². The summed E-state index contributed by atoms with van der Waals surface area (Å²) in [5, 5.41) is 22.8. The molecule has 1 aromatic rings. The highest BCUT2D eigenvalue weighted by Crippen LogP contribution is 2.25. The van der Waals surface area contributed by atoms with Crippen LogP contribution < -0.4 is 5.32 Å². The molecule has 5 heteroatoms. The fourth-order valence-electron chi connectivity index (χ4n) is 2.06. The Labute approximate surface area is 105 Å². The molecule has 18 heavy (non-hydrogen) atoms. The van der Waals surface area contributed by atoms with Crippen LogP contribution in [0, 0.1) is 5.82 Å². The lowest BCUT2D eigenvalue weighted by Gasteiger charge is -2.24. The molecule has 4 nitrogen and oxygen atoms in total. The predicted molar refractivity (Wildman–Crippen MR) is 64.9 cm³/mol. The van der Waals surface area contributed by atoms with Crippen molar-refractivity contribution in [2.75, 3.05) is 19.8 Å². The van der Waals surface area contributed by atoms with Gasteiger partial charge in [-0.1, -0.05) is 0 Å². The zero-order valence-corrected chi connectivity index (χ0v) is 10.3. The van der Waals surface area contributed by atoms with Crippen LogP contribution in [-0.2, 0) is 4.74 Å². The van der Waals surface area contributed by atoms with Crippen LogP contribution in [0.2, 0.25) is 0 Å². The summed E-state index contributed by atoms with van der Waals surface area (Å²) in [6.07, 6.45) is 0.585. The van der Waals surface area contributed by atoms with Crippen LogP contribution in [0.4, 0.5) is 4.39 Å². The number of phenols is 1. The van der Waals surface area contributed by atoms with Crippen LogP contribution in [0.1, 0.15) is 24.9 Å². The summed E-state index contributed by atoms with van der Waals surface area (Å²) in [4.78, 5) is 0. The molecule has 0 aromatic heterocycles. The molecule has 1 aromatic carbocycles. The van der Waals surface area contributed by atoms with Crippen LogP contribution in [0.25, 0.3) is 0 Å². The Morgan fingerprint density at radius 1 is 1.56 bits per heavy atom. The Bertz CT molecular complexity index is 419. The molecule has 0 saturated carbocycles. The topological polar surface area (TPSA) is 61.7 Å². The van der Waals surface area contributed by atoms with Gasteiger partial charge in [0.1, 0.15) is 17.2 Å². The van der Waals surface area contributed by atoms with Gasteiger partial charge in [-0.3, -0.25) is 0 Å². The number of ether oxygens (including phenoxy) is 1. The number of aromatic hydroxyl groups is 1. The zero-order chi connectivity index (χ0) is 13.2. The molecule has 1 fully saturated rings. The van der Waals surface area contributed by atoms with Gasteiger partial charge in [0.25, 0.3) is 0 Å². The van der Waals surface area contributed by atoms with E-state index >= 15 is 0 Å². The molecule has 100 valence electrons. The molecule has 0 amide bonds. The molecule has 2 atom stereocenters. The molecule has 3 N–H and O–H groups in total. The molecule has 0 bridgehead atoms. The number of benzene rings is 1. The maximum Gasteiger partial charge on any atom is 0.123 e. The molecule has 0 spiro atoms. The van der Waals surface area contributed by atoms with E-state index in [1.54, 1.807) is 0 Å². The zero-order valence-electron chi connectivity index (χ0n) is 10.3. The third-order valence-corrected chi connectivity index (χ3v) is 3.28. The second-order valence-electron chi connectivity index (χ2n) is 4.83. The second kappa shape index (κ2) is 5.22. The maximum atomic E-state index is 13.1. The third-order valence-electron chi connectivity index (χ3n) is 3.28. The highest BCUT2D eigenvalue weighted by atomic mass is 19.1. The van der Waals surface area contributed by atoms with E-state index in [-0.39, 0.29) is 17.6 Å². The van der Waals surface area contributed by atoms with E-state index in [1.165, 1.54) is 18.2 Å². The van der Waals surface area contributed by atoms with E-state index < -0.39 is 5.60 Å². The van der Waals surface area contributed by atoms with E-state index in [0.29, 0.717) is 31.7 Å². The number of halogens is 1. The largest absolute Gasteiger partial charge is 0.508 e. The number of rotatable bonds is 4. The minimum Gasteiger partial charge on any atom is -0.508 e. The number of hydrogen-bond acceptors (Lipinski definition) is 4. The summed E-state index contributed by atoms with van der Waals surface area (Å²) < 4.78 is 18.3. The third kappa shape index (κ3) is 2.98. The SMILES string of the molecule is CC(NCC1(O)CCOC1)c1cc(F)ccc1O. The second-order valence-corrected chi connectivity index (χ2v) is 4.83. The summed E-state index contributed by atoms with van der Waals surface area (Å²) in [5.41, 5.74) is -0.380. The van der Waals surface area contributed by atoms with Gasteiger partial charge in [0.15, 0.2) is 0 Å². The van der Waals surface area contributed by atoms with Crippen molar-refractivity contribution in [1.82, 2.24) is 5.32 Å². The van der Waals surface area contributed by atoms with Gasteiger partial charge in [0, 0.05) is 31.2 Å². The minimum atomic E-state index is -0.864. The number of nitrogens with one attached hydrogen (secondary N) is 1. The van der Waals surface area contributed by atoms with Crippen molar-refractivity contribution in [3.63, 3.8) is 0 Å². The quantitative estimate of drug-likeness (QED) is 0.759. The summed E-state index contributed by atoms with van der Waals surface area (Å²) in [7, 11) is 0. The first kappa shape index (κ1) is 13.3. The standard InChI is InChI=1S/C13H18FNO3/c1-9(11-6-10(14)2-3-12(11)16)15-7-13(17)4-5-18-8-13/h2-3,6,9,15-17H,4-5,7-8H2,1H3. The lowest BCUT2D eigenvalue weighted by Crippen LogP contribution is -2.41. The summed E-state index contributed by atoms with van der Waals surface area (Å²) in [6, 6.07) is 3.59. The highest BCUT2D eigenvalue weighted by Gasteiger charge is 2.32. The molecule has 1 aliphatic rings. The molecule has 2 unspecified atom stereocenters. The van der Waals surface area contributed by atoms with Crippen molar-refractivity contribution >= 4 is 0 Å². The molecule has 1 saturated heterocycles. The molecular formula is C13H18FNO3. The van der Waals surface area contributed by atoms with Crippen molar-refractivity contribution in [3.05, 3.63) is 29.6 Å². The van der Waals surface area contributed by atoms with E-state index in [4.69, 9.17) is 4.74 Å². The van der Waals surface area contributed by atoms with Crippen molar-refractivity contribution in [1.29, 1.82) is 0 Å². The average Bonchev–Trinajstić information content (AvgIpc) is 2.77. The summed E-state index contributed by atoms with van der Waals surface area (Å²) in [5.74, 6) is -0.342. The molecule has 0 radical (unpaired) electrons. The fraction of sp³-hybridized carbons (Fsp3) is 0.538. The van der Waals surface area contributed by atoms with Gasteiger partial charge in [-0.2, -0.15) is 0 Å². The molecule has 1 aliphatic heterocycles.